The molecule has 0 aliphatic heterocycles. The maximum absolute atomic E-state index is 11.2. The fourth-order valence-electron chi connectivity index (χ4n) is 1.06. The van der Waals surface area contributed by atoms with Crippen LogP contribution >= 0.6 is 11.9 Å². The van der Waals surface area contributed by atoms with Crippen LogP contribution in [-0.2, 0) is 4.74 Å². The minimum atomic E-state index is -0.336. The summed E-state index contributed by atoms with van der Waals surface area (Å²) in [6.45, 7) is 0. The second-order valence-corrected chi connectivity index (χ2v) is 4.45. The molecule has 0 saturated heterocycles. The van der Waals surface area contributed by atoms with Gasteiger partial charge in [-0.1, -0.05) is 0 Å². The molecule has 0 aromatic carbocycles. The Bertz CT molecular complexity index is 366. The lowest BCUT2D eigenvalue weighted by molar-refractivity contribution is 0.0600. The van der Waals surface area contributed by atoms with Crippen molar-refractivity contribution in [3.8, 4) is 0 Å². The molecule has 0 spiro atoms. The van der Waals surface area contributed by atoms with Crippen LogP contribution in [0.5, 0.6) is 0 Å². The first-order chi connectivity index (χ1) is 7.29. The van der Waals surface area contributed by atoms with Crippen LogP contribution in [0.2, 0.25) is 0 Å². The van der Waals surface area contributed by atoms with E-state index in [1.165, 1.54) is 20.0 Å². The molecule has 0 bridgehead atoms. The van der Waals surface area contributed by atoms with Gasteiger partial charge in [0, 0.05) is 11.4 Å². The van der Waals surface area contributed by atoms with E-state index in [4.69, 9.17) is 0 Å². The molecule has 2 rings (SSSR count). The minimum Gasteiger partial charge on any atom is -0.465 e. The topological polar surface area (TPSA) is 51.2 Å². The van der Waals surface area contributed by atoms with Crippen LogP contribution in [0.15, 0.2) is 18.3 Å². The summed E-state index contributed by atoms with van der Waals surface area (Å²) in [6.07, 6.45) is 4.12. The van der Waals surface area contributed by atoms with Crippen molar-refractivity contribution in [2.75, 3.05) is 11.8 Å². The summed E-state index contributed by atoms with van der Waals surface area (Å²) >= 11 is 1.66. The maximum atomic E-state index is 11.2. The smallest absolute Gasteiger partial charge is 0.338 e. The number of nitrogens with one attached hydrogen (secondary N) is 1. The summed E-state index contributed by atoms with van der Waals surface area (Å²) in [5, 5.41) is 0.702. The van der Waals surface area contributed by atoms with Gasteiger partial charge >= 0.3 is 5.97 Å². The summed E-state index contributed by atoms with van der Waals surface area (Å²) in [4.78, 5) is 15.3. The zero-order chi connectivity index (χ0) is 10.7. The highest BCUT2D eigenvalue weighted by atomic mass is 32.2. The Morgan fingerprint density at radius 3 is 3.13 bits per heavy atom. The molecule has 0 atom stereocenters. The van der Waals surface area contributed by atoms with E-state index in [1.807, 2.05) is 0 Å². The fraction of sp³-hybridized carbons (Fsp3) is 0.400. The normalized spacial score (nSPS) is 14.7. The van der Waals surface area contributed by atoms with Crippen LogP contribution in [0.1, 0.15) is 23.2 Å². The van der Waals surface area contributed by atoms with E-state index in [2.05, 4.69) is 14.4 Å². The Hall–Kier alpha value is -1.23. The minimum absolute atomic E-state index is 0.336. The number of anilines is 1. The number of hydrogen-bond acceptors (Lipinski definition) is 5. The van der Waals surface area contributed by atoms with Crippen molar-refractivity contribution in [1.29, 1.82) is 0 Å². The highest BCUT2D eigenvalue weighted by Crippen LogP contribution is 2.33. The Labute approximate surface area is 92.6 Å². The van der Waals surface area contributed by atoms with Crippen LogP contribution in [0.3, 0.4) is 0 Å². The van der Waals surface area contributed by atoms with Gasteiger partial charge in [0.25, 0.3) is 0 Å². The van der Waals surface area contributed by atoms with Crippen LogP contribution in [-0.4, -0.2) is 23.3 Å². The average Bonchev–Trinajstić information content (AvgIpc) is 3.09. The van der Waals surface area contributed by atoms with E-state index in [-0.39, 0.29) is 5.97 Å². The van der Waals surface area contributed by atoms with Gasteiger partial charge in [-0.05, 0) is 36.9 Å². The van der Waals surface area contributed by atoms with E-state index >= 15 is 0 Å². The molecule has 0 amide bonds. The molecule has 1 saturated carbocycles. The number of nitrogens with zero attached hydrogens (tertiary/aromatic N) is 1. The molecule has 4 nitrogen and oxygen atoms in total. The molecule has 1 fully saturated rings. The number of methoxy groups -OCH3 is 1. The van der Waals surface area contributed by atoms with Gasteiger partial charge in [0.05, 0.1) is 12.7 Å². The van der Waals surface area contributed by atoms with Gasteiger partial charge < -0.3 is 9.46 Å². The van der Waals surface area contributed by atoms with Gasteiger partial charge in [-0.15, -0.1) is 0 Å². The van der Waals surface area contributed by atoms with Crippen molar-refractivity contribution in [2.45, 2.75) is 18.1 Å². The second-order valence-electron chi connectivity index (χ2n) is 3.34. The fourth-order valence-corrected chi connectivity index (χ4v) is 1.83. The number of hydrogen-bond donors (Lipinski definition) is 1. The lowest BCUT2D eigenvalue weighted by Gasteiger charge is -2.04. The summed E-state index contributed by atoms with van der Waals surface area (Å²) in [5.74, 6) is 0.367. The van der Waals surface area contributed by atoms with Gasteiger partial charge in [0.1, 0.15) is 5.82 Å². The highest BCUT2D eigenvalue weighted by molar-refractivity contribution is 8.01. The number of carbonyl (C=O) groups excluding carboxylic acids is 1. The van der Waals surface area contributed by atoms with E-state index < -0.39 is 0 Å². The van der Waals surface area contributed by atoms with E-state index in [0.29, 0.717) is 16.6 Å². The highest BCUT2D eigenvalue weighted by Gasteiger charge is 2.22. The number of pyridine rings is 1. The Kier molecular flexibility index (Phi) is 3.11. The standard InChI is InChI=1S/C10H12N2O2S/c1-14-10(13)7-4-5-11-9(6-7)12-15-8-2-3-8/h4-6,8H,2-3H2,1H3,(H,11,12). The molecule has 1 aromatic rings. The first-order valence-corrected chi connectivity index (χ1v) is 5.63. The quantitative estimate of drug-likeness (QED) is 0.627. The maximum Gasteiger partial charge on any atom is 0.338 e. The predicted molar refractivity (Wildman–Crippen MR) is 59.8 cm³/mol. The van der Waals surface area contributed by atoms with Crippen LogP contribution in [0, 0.1) is 0 Å². The number of aromatic nitrogens is 1. The third-order valence-corrected chi connectivity index (χ3v) is 3.17. The lowest BCUT2D eigenvalue weighted by Crippen LogP contribution is -2.02. The molecule has 1 aliphatic rings. The van der Waals surface area contributed by atoms with Gasteiger partial charge in [-0.2, -0.15) is 0 Å². The Balaban J connectivity index is 2.00. The number of ether oxygens (including phenoxy) is 1. The largest absolute Gasteiger partial charge is 0.465 e. The molecule has 1 aliphatic carbocycles. The molecule has 15 heavy (non-hydrogen) atoms. The number of carbonyl (C=O) groups is 1. The summed E-state index contributed by atoms with van der Waals surface area (Å²) in [5.41, 5.74) is 0.520. The van der Waals surface area contributed by atoms with Crippen molar-refractivity contribution in [3.63, 3.8) is 0 Å². The molecule has 1 heterocycles. The van der Waals surface area contributed by atoms with Crippen molar-refractivity contribution in [3.05, 3.63) is 23.9 Å². The molecule has 0 radical (unpaired) electrons. The first-order valence-electron chi connectivity index (χ1n) is 4.75. The number of rotatable bonds is 4. The zero-order valence-corrected chi connectivity index (χ0v) is 9.21. The lowest BCUT2D eigenvalue weighted by atomic mass is 10.3. The SMILES string of the molecule is COC(=O)c1ccnc(NSC2CC2)c1. The molecule has 5 heteroatoms. The summed E-state index contributed by atoms with van der Waals surface area (Å²) in [7, 11) is 1.37. The van der Waals surface area contributed by atoms with Gasteiger partial charge in [0.2, 0.25) is 0 Å². The van der Waals surface area contributed by atoms with Crippen LogP contribution in [0.4, 0.5) is 5.82 Å². The van der Waals surface area contributed by atoms with Gasteiger partial charge in [0.15, 0.2) is 0 Å². The summed E-state index contributed by atoms with van der Waals surface area (Å²) < 4.78 is 7.75. The number of esters is 1. The van der Waals surface area contributed by atoms with Crippen molar-refractivity contribution >= 4 is 23.7 Å². The third kappa shape index (κ3) is 2.86. The van der Waals surface area contributed by atoms with Crippen molar-refractivity contribution in [1.82, 2.24) is 4.98 Å². The average molecular weight is 224 g/mol. The predicted octanol–water partition coefficient (Wildman–Crippen LogP) is 2.09. The van der Waals surface area contributed by atoms with Gasteiger partial charge in [-0.3, -0.25) is 0 Å². The summed E-state index contributed by atoms with van der Waals surface area (Å²) in [6, 6.07) is 3.33. The first kappa shape index (κ1) is 10.3. The van der Waals surface area contributed by atoms with Crippen molar-refractivity contribution in [2.24, 2.45) is 0 Å². The second kappa shape index (κ2) is 4.53. The zero-order valence-electron chi connectivity index (χ0n) is 8.40. The van der Waals surface area contributed by atoms with Crippen LogP contribution < -0.4 is 4.72 Å². The monoisotopic (exact) mass is 224 g/mol. The molecule has 1 N–H and O–H groups in total. The molecular formula is C10H12N2O2S. The van der Waals surface area contributed by atoms with E-state index in [9.17, 15) is 4.79 Å². The Morgan fingerprint density at radius 2 is 2.47 bits per heavy atom. The van der Waals surface area contributed by atoms with Gasteiger partial charge in [-0.25, -0.2) is 9.78 Å². The molecular weight excluding hydrogens is 212 g/mol. The van der Waals surface area contributed by atoms with E-state index in [0.717, 1.165) is 0 Å². The third-order valence-electron chi connectivity index (χ3n) is 2.04. The molecule has 0 unspecified atom stereocenters. The van der Waals surface area contributed by atoms with Crippen molar-refractivity contribution < 1.29 is 9.53 Å². The molecule has 80 valence electrons. The Morgan fingerprint density at radius 1 is 1.67 bits per heavy atom. The van der Waals surface area contributed by atoms with E-state index in [1.54, 1.807) is 30.3 Å². The van der Waals surface area contributed by atoms with Crippen LogP contribution in [0.25, 0.3) is 0 Å². The molecule has 1 aromatic heterocycles.